The summed E-state index contributed by atoms with van der Waals surface area (Å²) in [5.74, 6) is 0. The molecule has 1 rings (SSSR count). The maximum Gasteiger partial charge on any atom is 0.390 e. The molecule has 1 aromatic rings. The van der Waals surface area contributed by atoms with Crippen molar-refractivity contribution in [3.05, 3.63) is 28.8 Å². The summed E-state index contributed by atoms with van der Waals surface area (Å²) in [6.07, 6.45) is -5.63. The third kappa shape index (κ3) is 6.21. The molecule has 0 fully saturated rings. The monoisotopic (exact) mass is 344 g/mol. The maximum absolute atomic E-state index is 12.0. The number of hydrogen-bond acceptors (Lipinski definition) is 3. The molecule has 0 aliphatic heterocycles. The first kappa shape index (κ1) is 18.2. The first-order valence-electron chi connectivity index (χ1n) is 6.21. The molecule has 2 N–H and O–H groups in total. The third-order valence-corrected chi connectivity index (χ3v) is 4.41. The highest BCUT2D eigenvalue weighted by molar-refractivity contribution is 7.89. The van der Waals surface area contributed by atoms with Crippen molar-refractivity contribution in [2.75, 3.05) is 13.1 Å². The van der Waals surface area contributed by atoms with Crippen LogP contribution in [0.5, 0.6) is 0 Å². The number of halogens is 4. The molecule has 9 heteroatoms. The van der Waals surface area contributed by atoms with Crippen molar-refractivity contribution in [1.29, 1.82) is 0 Å². The lowest BCUT2D eigenvalue weighted by Crippen LogP contribution is -2.28. The van der Waals surface area contributed by atoms with Gasteiger partial charge in [-0.15, -0.1) is 0 Å². The summed E-state index contributed by atoms with van der Waals surface area (Å²) in [5.41, 5.74) is 0.716. The molecule has 0 saturated carbocycles. The minimum atomic E-state index is -4.41. The first-order chi connectivity index (χ1) is 9.65. The SMILES string of the molecule is CCNCc1ccc(S(=O)(=O)NCCC(F)(F)F)cc1Cl. The van der Waals surface area contributed by atoms with Crippen molar-refractivity contribution < 1.29 is 21.6 Å². The molecule has 0 spiro atoms. The van der Waals surface area contributed by atoms with Crippen LogP contribution in [0.4, 0.5) is 13.2 Å². The molecule has 0 aliphatic carbocycles. The number of nitrogens with one attached hydrogen (secondary N) is 2. The van der Waals surface area contributed by atoms with E-state index in [0.717, 1.165) is 6.54 Å². The molecule has 0 aliphatic rings. The summed E-state index contributed by atoms with van der Waals surface area (Å²) in [5, 5.41) is 3.29. The van der Waals surface area contributed by atoms with Crippen molar-refractivity contribution in [3.8, 4) is 0 Å². The van der Waals surface area contributed by atoms with Crippen LogP contribution in [0.3, 0.4) is 0 Å². The van der Waals surface area contributed by atoms with Gasteiger partial charge >= 0.3 is 6.18 Å². The van der Waals surface area contributed by atoms with E-state index in [0.29, 0.717) is 12.1 Å². The first-order valence-corrected chi connectivity index (χ1v) is 8.07. The van der Waals surface area contributed by atoms with E-state index in [1.165, 1.54) is 18.2 Å². The van der Waals surface area contributed by atoms with Gasteiger partial charge in [0.2, 0.25) is 10.0 Å². The molecule has 0 radical (unpaired) electrons. The molecule has 0 bridgehead atoms. The lowest BCUT2D eigenvalue weighted by atomic mass is 10.2. The van der Waals surface area contributed by atoms with Gasteiger partial charge < -0.3 is 5.32 Å². The molecule has 0 saturated heterocycles. The Balaban J connectivity index is 2.77. The summed E-state index contributed by atoms with van der Waals surface area (Å²) < 4.78 is 61.6. The van der Waals surface area contributed by atoms with E-state index in [9.17, 15) is 21.6 Å². The van der Waals surface area contributed by atoms with Crippen molar-refractivity contribution in [2.45, 2.75) is 31.0 Å². The van der Waals surface area contributed by atoms with Gasteiger partial charge in [-0.05, 0) is 24.2 Å². The molecule has 0 amide bonds. The zero-order valence-corrected chi connectivity index (χ0v) is 12.9. The van der Waals surface area contributed by atoms with Crippen molar-refractivity contribution in [3.63, 3.8) is 0 Å². The molecule has 1 aromatic carbocycles. The highest BCUT2D eigenvalue weighted by Crippen LogP contribution is 2.22. The van der Waals surface area contributed by atoms with Crippen LogP contribution in [0.1, 0.15) is 18.9 Å². The van der Waals surface area contributed by atoms with Crippen LogP contribution in [0.25, 0.3) is 0 Å². The predicted molar refractivity (Wildman–Crippen MR) is 74.7 cm³/mol. The van der Waals surface area contributed by atoms with Gasteiger partial charge in [0, 0.05) is 18.1 Å². The van der Waals surface area contributed by atoms with Gasteiger partial charge in [-0.1, -0.05) is 24.6 Å². The standard InChI is InChI=1S/C12H16ClF3N2O2S/c1-2-17-8-9-3-4-10(7-11(9)13)21(19,20)18-6-5-12(14,15)16/h3-4,7,17-18H,2,5-6,8H2,1H3. The average molecular weight is 345 g/mol. The van der Waals surface area contributed by atoms with Crippen LogP contribution in [0, 0.1) is 0 Å². The normalized spacial score (nSPS) is 12.6. The summed E-state index contributed by atoms with van der Waals surface area (Å²) in [4.78, 5) is -0.157. The summed E-state index contributed by atoms with van der Waals surface area (Å²) in [7, 11) is -4.00. The highest BCUT2D eigenvalue weighted by atomic mass is 35.5. The highest BCUT2D eigenvalue weighted by Gasteiger charge is 2.27. The van der Waals surface area contributed by atoms with E-state index in [-0.39, 0.29) is 9.92 Å². The molecule has 21 heavy (non-hydrogen) atoms. The van der Waals surface area contributed by atoms with Gasteiger partial charge in [0.1, 0.15) is 0 Å². The summed E-state index contributed by atoms with van der Waals surface area (Å²) >= 11 is 5.97. The Morgan fingerprint density at radius 3 is 2.48 bits per heavy atom. The number of alkyl halides is 3. The Morgan fingerprint density at radius 1 is 1.29 bits per heavy atom. The summed E-state index contributed by atoms with van der Waals surface area (Å²) in [6, 6.07) is 4.07. The van der Waals surface area contributed by atoms with Crippen molar-refractivity contribution in [1.82, 2.24) is 10.0 Å². The van der Waals surface area contributed by atoms with E-state index in [1.54, 1.807) is 0 Å². The smallest absolute Gasteiger partial charge is 0.313 e. The average Bonchev–Trinajstić information content (AvgIpc) is 2.35. The molecule has 0 aromatic heterocycles. The molecule has 120 valence electrons. The van der Waals surface area contributed by atoms with Gasteiger partial charge in [-0.25, -0.2) is 13.1 Å². The second-order valence-electron chi connectivity index (χ2n) is 4.30. The van der Waals surface area contributed by atoms with Crippen LogP contribution in [-0.2, 0) is 16.6 Å². The van der Waals surface area contributed by atoms with E-state index < -0.39 is 29.2 Å². The quantitative estimate of drug-likeness (QED) is 0.799. The third-order valence-electron chi connectivity index (χ3n) is 2.60. The molecule has 0 heterocycles. The lowest BCUT2D eigenvalue weighted by molar-refractivity contribution is -0.132. The fraction of sp³-hybridized carbons (Fsp3) is 0.500. The Bertz CT molecular complexity index is 576. The van der Waals surface area contributed by atoms with Crippen LogP contribution in [-0.4, -0.2) is 27.7 Å². The topological polar surface area (TPSA) is 58.2 Å². The lowest BCUT2D eigenvalue weighted by Gasteiger charge is -2.10. The van der Waals surface area contributed by atoms with E-state index in [1.807, 2.05) is 11.6 Å². The van der Waals surface area contributed by atoms with E-state index in [4.69, 9.17) is 11.6 Å². The molecule has 0 unspecified atom stereocenters. The van der Waals surface area contributed by atoms with Gasteiger partial charge in [-0.2, -0.15) is 13.2 Å². The van der Waals surface area contributed by atoms with E-state index in [2.05, 4.69) is 5.32 Å². The minimum Gasteiger partial charge on any atom is -0.313 e. The molecule has 0 atom stereocenters. The van der Waals surface area contributed by atoms with Crippen LogP contribution in [0.2, 0.25) is 5.02 Å². The molecular weight excluding hydrogens is 329 g/mol. The van der Waals surface area contributed by atoms with Crippen LogP contribution >= 0.6 is 11.6 Å². The second kappa shape index (κ2) is 7.44. The van der Waals surface area contributed by atoms with Gasteiger partial charge in [0.25, 0.3) is 0 Å². The van der Waals surface area contributed by atoms with Gasteiger partial charge in [0.15, 0.2) is 0 Å². The fourth-order valence-corrected chi connectivity index (χ4v) is 2.88. The second-order valence-corrected chi connectivity index (χ2v) is 6.47. The Morgan fingerprint density at radius 2 is 1.95 bits per heavy atom. The predicted octanol–water partition coefficient (Wildman–Crippen LogP) is 2.68. The van der Waals surface area contributed by atoms with Crippen molar-refractivity contribution >= 4 is 21.6 Å². The van der Waals surface area contributed by atoms with Crippen LogP contribution in [0.15, 0.2) is 23.1 Å². The summed E-state index contributed by atoms with van der Waals surface area (Å²) in [6.45, 7) is 2.42. The molecular formula is C12H16ClF3N2O2S. The van der Waals surface area contributed by atoms with Crippen molar-refractivity contribution in [2.24, 2.45) is 0 Å². The van der Waals surface area contributed by atoms with E-state index >= 15 is 0 Å². The number of sulfonamides is 1. The Labute approximate surface area is 126 Å². The zero-order valence-electron chi connectivity index (χ0n) is 11.3. The minimum absolute atomic E-state index is 0.157. The fourth-order valence-electron chi connectivity index (χ4n) is 1.51. The van der Waals surface area contributed by atoms with Crippen LogP contribution < -0.4 is 10.0 Å². The number of rotatable bonds is 7. The molecule has 4 nitrogen and oxygen atoms in total. The Hall–Kier alpha value is -0.830. The zero-order chi connectivity index (χ0) is 16.1. The maximum atomic E-state index is 12.0. The number of benzene rings is 1. The van der Waals surface area contributed by atoms with Gasteiger partial charge in [0.05, 0.1) is 11.3 Å². The number of hydrogen-bond donors (Lipinski definition) is 2. The largest absolute Gasteiger partial charge is 0.390 e. The Kier molecular flexibility index (Phi) is 6.45. The van der Waals surface area contributed by atoms with Gasteiger partial charge in [-0.3, -0.25) is 0 Å².